The van der Waals surface area contributed by atoms with Crippen molar-refractivity contribution in [3.63, 3.8) is 0 Å². The number of hydrogen-bond donors (Lipinski definition) is 1. The number of rotatable bonds is 5. The Labute approximate surface area is 163 Å². The Balaban J connectivity index is 1.39. The molecule has 7 heteroatoms. The lowest BCUT2D eigenvalue weighted by Crippen LogP contribution is -2.35. The van der Waals surface area contributed by atoms with Crippen molar-refractivity contribution in [1.29, 1.82) is 0 Å². The van der Waals surface area contributed by atoms with Gasteiger partial charge in [-0.1, -0.05) is 35.9 Å². The van der Waals surface area contributed by atoms with Gasteiger partial charge in [0, 0.05) is 25.7 Å². The van der Waals surface area contributed by atoms with Crippen LogP contribution in [0.2, 0.25) is 0 Å². The van der Waals surface area contributed by atoms with Crippen LogP contribution in [0.3, 0.4) is 0 Å². The van der Waals surface area contributed by atoms with Gasteiger partial charge in [0.2, 0.25) is 11.8 Å². The van der Waals surface area contributed by atoms with Crippen LogP contribution in [0.15, 0.2) is 48.7 Å². The molecule has 1 aliphatic heterocycles. The van der Waals surface area contributed by atoms with Gasteiger partial charge >= 0.3 is 0 Å². The smallest absolute Gasteiger partial charge is 0.226 e. The van der Waals surface area contributed by atoms with Gasteiger partial charge in [0.25, 0.3) is 0 Å². The first-order valence-electron chi connectivity index (χ1n) is 9.44. The third-order valence-corrected chi connectivity index (χ3v) is 5.17. The molecule has 3 aromatic rings. The largest absolute Gasteiger partial charge is 0.346 e. The van der Waals surface area contributed by atoms with Crippen molar-refractivity contribution in [3.8, 4) is 0 Å². The summed E-state index contributed by atoms with van der Waals surface area (Å²) in [4.78, 5) is 26.9. The molecule has 2 amide bonds. The molecule has 0 radical (unpaired) electrons. The number of amides is 2. The van der Waals surface area contributed by atoms with Gasteiger partial charge in [-0.3, -0.25) is 14.0 Å². The summed E-state index contributed by atoms with van der Waals surface area (Å²) in [5, 5.41) is 11.3. The first-order chi connectivity index (χ1) is 13.5. The molecule has 0 bridgehead atoms. The maximum Gasteiger partial charge on any atom is 0.226 e. The van der Waals surface area contributed by atoms with Crippen LogP contribution >= 0.6 is 0 Å². The molecule has 1 saturated heterocycles. The van der Waals surface area contributed by atoms with Gasteiger partial charge in [-0.05, 0) is 31.5 Å². The summed E-state index contributed by atoms with van der Waals surface area (Å²) < 4.78 is 1.86. The van der Waals surface area contributed by atoms with E-state index in [0.717, 1.165) is 11.2 Å². The Hall–Kier alpha value is -3.22. The van der Waals surface area contributed by atoms with Crippen molar-refractivity contribution in [2.75, 3.05) is 6.54 Å². The molecule has 4 rings (SSSR count). The molecule has 2 unspecified atom stereocenters. The van der Waals surface area contributed by atoms with Crippen molar-refractivity contribution in [1.82, 2.24) is 24.8 Å². The molecule has 1 aliphatic rings. The molecule has 28 heavy (non-hydrogen) atoms. The van der Waals surface area contributed by atoms with Crippen molar-refractivity contribution >= 4 is 17.5 Å². The fourth-order valence-corrected chi connectivity index (χ4v) is 3.57. The van der Waals surface area contributed by atoms with Crippen LogP contribution in [-0.4, -0.2) is 37.9 Å². The molecule has 2 aromatic heterocycles. The zero-order chi connectivity index (χ0) is 19.7. The average Bonchev–Trinajstić information content (AvgIpc) is 3.27. The van der Waals surface area contributed by atoms with Crippen molar-refractivity contribution in [2.45, 2.75) is 32.9 Å². The molecule has 0 aliphatic carbocycles. The Morgan fingerprint density at radius 1 is 1.21 bits per heavy atom. The van der Waals surface area contributed by atoms with Crippen LogP contribution in [0.1, 0.15) is 36.3 Å². The predicted molar refractivity (Wildman–Crippen MR) is 104 cm³/mol. The molecular formula is C21H23N5O2. The minimum atomic E-state index is -0.348. The number of benzene rings is 1. The molecule has 0 saturated carbocycles. The monoisotopic (exact) mass is 377 g/mol. The van der Waals surface area contributed by atoms with E-state index in [-0.39, 0.29) is 30.2 Å². The summed E-state index contributed by atoms with van der Waals surface area (Å²) in [7, 11) is 0. The number of likely N-dealkylation sites (tertiary alicyclic amines) is 1. The fraction of sp³-hybridized carbons (Fsp3) is 0.333. The van der Waals surface area contributed by atoms with E-state index in [1.165, 1.54) is 5.56 Å². The second kappa shape index (κ2) is 7.42. The van der Waals surface area contributed by atoms with Crippen LogP contribution in [0.4, 0.5) is 0 Å². The Morgan fingerprint density at radius 2 is 2.00 bits per heavy atom. The molecule has 3 heterocycles. The van der Waals surface area contributed by atoms with Crippen LogP contribution in [0.5, 0.6) is 0 Å². The third-order valence-electron chi connectivity index (χ3n) is 5.17. The molecule has 1 fully saturated rings. The van der Waals surface area contributed by atoms with E-state index in [9.17, 15) is 9.59 Å². The Kier molecular flexibility index (Phi) is 4.81. The van der Waals surface area contributed by atoms with Gasteiger partial charge in [0.1, 0.15) is 0 Å². The van der Waals surface area contributed by atoms with Crippen LogP contribution < -0.4 is 5.32 Å². The summed E-state index contributed by atoms with van der Waals surface area (Å²) in [6, 6.07) is 13.5. The highest BCUT2D eigenvalue weighted by atomic mass is 16.2. The molecule has 144 valence electrons. The van der Waals surface area contributed by atoms with Crippen LogP contribution in [-0.2, 0) is 16.1 Å². The topological polar surface area (TPSA) is 79.6 Å². The molecular weight excluding hydrogens is 354 g/mol. The van der Waals surface area contributed by atoms with Gasteiger partial charge in [-0.25, -0.2) is 0 Å². The zero-order valence-corrected chi connectivity index (χ0v) is 16.0. The van der Waals surface area contributed by atoms with Gasteiger partial charge in [-0.15, -0.1) is 10.2 Å². The molecule has 1 N–H and O–H groups in total. The number of nitrogens with zero attached hydrogens (tertiary/aromatic N) is 4. The summed E-state index contributed by atoms with van der Waals surface area (Å²) in [6.45, 7) is 4.88. The van der Waals surface area contributed by atoms with Crippen LogP contribution in [0, 0.1) is 12.8 Å². The normalized spacial score (nSPS) is 17.9. The Morgan fingerprint density at radius 3 is 2.79 bits per heavy atom. The van der Waals surface area contributed by atoms with Crippen molar-refractivity contribution < 1.29 is 9.59 Å². The van der Waals surface area contributed by atoms with E-state index in [4.69, 9.17) is 0 Å². The predicted octanol–water partition coefficient (Wildman–Crippen LogP) is 2.26. The number of nitrogens with one attached hydrogen (secondary N) is 1. The number of carbonyl (C=O) groups is 2. The first kappa shape index (κ1) is 18.2. The van der Waals surface area contributed by atoms with E-state index < -0.39 is 0 Å². The number of hydrogen-bond acceptors (Lipinski definition) is 4. The SMILES string of the molecule is Cc1ccc(CN2CC(C(=O)NC(C)c3nnc4ccccn34)CC2=O)cc1. The first-order valence-corrected chi connectivity index (χ1v) is 9.44. The standard InChI is InChI=1S/C21H23N5O2/c1-14-6-8-16(9-7-14)12-25-13-17(11-19(25)27)21(28)22-15(2)20-24-23-18-5-3-4-10-26(18)20/h3-10,15,17H,11-13H2,1-2H3,(H,22,28). The number of aromatic nitrogens is 3. The maximum atomic E-state index is 12.7. The highest BCUT2D eigenvalue weighted by molar-refractivity contribution is 5.89. The van der Waals surface area contributed by atoms with Crippen molar-refractivity contribution in [3.05, 3.63) is 65.6 Å². The maximum absolute atomic E-state index is 12.7. The van der Waals surface area contributed by atoms with E-state index in [1.54, 1.807) is 4.90 Å². The molecule has 0 spiro atoms. The summed E-state index contributed by atoms with van der Waals surface area (Å²) in [5.41, 5.74) is 2.99. The minimum Gasteiger partial charge on any atom is -0.346 e. The van der Waals surface area contributed by atoms with Gasteiger partial charge in [0.15, 0.2) is 11.5 Å². The highest BCUT2D eigenvalue weighted by Gasteiger charge is 2.35. The molecule has 1 aromatic carbocycles. The lowest BCUT2D eigenvalue weighted by molar-refractivity contribution is -0.129. The number of aryl methyl sites for hydroxylation is 1. The van der Waals surface area contributed by atoms with E-state index in [2.05, 4.69) is 15.5 Å². The Bertz CT molecular complexity index is 1010. The average molecular weight is 377 g/mol. The quantitative estimate of drug-likeness (QED) is 0.740. The van der Waals surface area contributed by atoms with Crippen LogP contribution in [0.25, 0.3) is 5.65 Å². The lowest BCUT2D eigenvalue weighted by Gasteiger charge is -2.18. The second-order valence-corrected chi connectivity index (χ2v) is 7.38. The van der Waals surface area contributed by atoms with E-state index in [1.807, 2.05) is 66.9 Å². The van der Waals surface area contributed by atoms with Crippen molar-refractivity contribution in [2.24, 2.45) is 5.92 Å². The van der Waals surface area contributed by atoms with Gasteiger partial charge < -0.3 is 10.2 Å². The van der Waals surface area contributed by atoms with Gasteiger partial charge in [-0.2, -0.15) is 0 Å². The third kappa shape index (κ3) is 3.60. The van der Waals surface area contributed by atoms with E-state index in [0.29, 0.717) is 18.9 Å². The summed E-state index contributed by atoms with van der Waals surface area (Å²) in [5.74, 6) is 0.214. The summed E-state index contributed by atoms with van der Waals surface area (Å²) >= 11 is 0. The lowest BCUT2D eigenvalue weighted by atomic mass is 10.1. The minimum absolute atomic E-state index is 0.0151. The number of pyridine rings is 1. The summed E-state index contributed by atoms with van der Waals surface area (Å²) in [6.07, 6.45) is 2.11. The second-order valence-electron chi connectivity index (χ2n) is 7.38. The zero-order valence-electron chi connectivity index (χ0n) is 16.0. The number of carbonyl (C=O) groups excluding carboxylic acids is 2. The molecule has 7 nitrogen and oxygen atoms in total. The highest BCUT2D eigenvalue weighted by Crippen LogP contribution is 2.22. The fourth-order valence-electron chi connectivity index (χ4n) is 3.57. The van der Waals surface area contributed by atoms with Gasteiger partial charge in [0.05, 0.1) is 12.0 Å². The number of fused-ring (bicyclic) bond motifs is 1. The van der Waals surface area contributed by atoms with E-state index >= 15 is 0 Å². The molecule has 2 atom stereocenters.